The van der Waals surface area contributed by atoms with Crippen LogP contribution in [-0.2, 0) is 16.6 Å². The van der Waals surface area contributed by atoms with Crippen LogP contribution in [-0.4, -0.2) is 29.3 Å². The number of rotatable bonds is 6. The maximum Gasteiger partial charge on any atom is 0.337 e. The van der Waals surface area contributed by atoms with Gasteiger partial charge < -0.3 is 10.8 Å². The van der Waals surface area contributed by atoms with Crippen molar-refractivity contribution in [2.24, 2.45) is 0 Å². The van der Waals surface area contributed by atoms with Crippen molar-refractivity contribution < 1.29 is 18.3 Å². The Morgan fingerprint density at radius 1 is 1.26 bits per heavy atom. The zero-order valence-corrected chi connectivity index (χ0v) is 16.2. The van der Waals surface area contributed by atoms with Gasteiger partial charge in [-0.25, -0.2) is 13.2 Å². The fourth-order valence-corrected chi connectivity index (χ4v) is 3.90. The van der Waals surface area contributed by atoms with Gasteiger partial charge in [0.15, 0.2) is 0 Å². The number of carboxylic acids is 1. The first-order valence-corrected chi connectivity index (χ1v) is 9.95. The number of halogens is 1. The Morgan fingerprint density at radius 3 is 2.63 bits per heavy atom. The molecule has 3 rings (SSSR count). The van der Waals surface area contributed by atoms with E-state index in [0.717, 1.165) is 5.56 Å². The zero-order chi connectivity index (χ0) is 19.6. The monoisotopic (exact) mass is 450 g/mol. The minimum atomic E-state index is -3.99. The average molecular weight is 451 g/mol. The lowest BCUT2D eigenvalue weighted by molar-refractivity contribution is 0.0698. The summed E-state index contributed by atoms with van der Waals surface area (Å²) in [5.74, 6) is -1.26. The number of sulfonamides is 1. The number of carbonyl (C=O) groups is 1. The summed E-state index contributed by atoms with van der Waals surface area (Å²) < 4.78 is 29.5. The zero-order valence-electron chi connectivity index (χ0n) is 13.8. The second-order valence-corrected chi connectivity index (χ2v) is 8.28. The summed E-state index contributed by atoms with van der Waals surface area (Å²) in [5, 5.41) is 13.3. The maximum absolute atomic E-state index is 12.6. The fraction of sp³-hybridized carbons (Fsp3) is 0.0588. The lowest BCUT2D eigenvalue weighted by Gasteiger charge is -2.12. The fourth-order valence-electron chi connectivity index (χ4n) is 2.42. The van der Waals surface area contributed by atoms with Gasteiger partial charge in [-0.1, -0.05) is 46.3 Å². The van der Waals surface area contributed by atoms with E-state index in [1.165, 1.54) is 29.2 Å². The van der Waals surface area contributed by atoms with E-state index in [4.69, 9.17) is 5.73 Å². The number of hydrogen-bond acceptors (Lipinski definition) is 5. The number of nitrogens with zero attached hydrogens (tertiary/aromatic N) is 2. The molecule has 0 spiro atoms. The second-order valence-electron chi connectivity index (χ2n) is 5.68. The Bertz CT molecular complexity index is 1100. The molecular weight excluding hydrogens is 436 g/mol. The highest BCUT2D eigenvalue weighted by Crippen LogP contribution is 2.30. The molecule has 0 radical (unpaired) electrons. The molecule has 27 heavy (non-hydrogen) atoms. The number of benzene rings is 2. The highest BCUT2D eigenvalue weighted by Gasteiger charge is 2.21. The third-order valence-corrected chi connectivity index (χ3v) is 5.50. The molecule has 0 aliphatic heterocycles. The number of hydrogen-bond donors (Lipinski definition) is 3. The van der Waals surface area contributed by atoms with Crippen LogP contribution < -0.4 is 10.5 Å². The smallest absolute Gasteiger partial charge is 0.337 e. The first kappa shape index (κ1) is 18.9. The number of nitrogen functional groups attached to an aromatic ring is 1. The lowest BCUT2D eigenvalue weighted by atomic mass is 10.1. The highest BCUT2D eigenvalue weighted by atomic mass is 79.9. The number of carboxylic acid groups (broad SMARTS) is 1. The third kappa shape index (κ3) is 4.29. The predicted molar refractivity (Wildman–Crippen MR) is 104 cm³/mol. The van der Waals surface area contributed by atoms with Crippen molar-refractivity contribution in [1.82, 2.24) is 9.78 Å². The highest BCUT2D eigenvalue weighted by molar-refractivity contribution is 9.10. The molecule has 0 saturated carbocycles. The average Bonchev–Trinajstić information content (AvgIpc) is 3.08. The summed E-state index contributed by atoms with van der Waals surface area (Å²) in [6, 6.07) is 12.2. The van der Waals surface area contributed by atoms with Crippen LogP contribution in [0.3, 0.4) is 0 Å². The van der Waals surface area contributed by atoms with Gasteiger partial charge in [0, 0.05) is 10.7 Å². The van der Waals surface area contributed by atoms with E-state index in [0.29, 0.717) is 11.0 Å². The van der Waals surface area contributed by atoms with Gasteiger partial charge in [-0.15, -0.1) is 0 Å². The molecule has 0 fully saturated rings. The van der Waals surface area contributed by atoms with E-state index in [9.17, 15) is 18.3 Å². The molecule has 0 unspecified atom stereocenters. The minimum Gasteiger partial charge on any atom is -0.478 e. The molecule has 10 heteroatoms. The van der Waals surface area contributed by atoms with Crippen LogP contribution >= 0.6 is 15.9 Å². The summed E-state index contributed by atoms with van der Waals surface area (Å²) in [4.78, 5) is 11.2. The SMILES string of the molecule is Nc1c(NS(=O)(=O)c2cnn(Cc3ccccc3)c2)cc(Br)cc1C(=O)O. The van der Waals surface area contributed by atoms with Gasteiger partial charge in [0.1, 0.15) is 4.90 Å². The summed E-state index contributed by atoms with van der Waals surface area (Å²) in [6.07, 6.45) is 2.61. The number of anilines is 2. The largest absolute Gasteiger partial charge is 0.478 e. The van der Waals surface area contributed by atoms with E-state index < -0.39 is 16.0 Å². The van der Waals surface area contributed by atoms with Crippen LogP contribution in [0.15, 0.2) is 64.2 Å². The lowest BCUT2D eigenvalue weighted by Crippen LogP contribution is -2.15. The van der Waals surface area contributed by atoms with E-state index in [2.05, 4.69) is 25.8 Å². The number of aromatic nitrogens is 2. The van der Waals surface area contributed by atoms with Crippen LogP contribution in [0.4, 0.5) is 11.4 Å². The molecule has 0 saturated heterocycles. The van der Waals surface area contributed by atoms with Gasteiger partial charge in [0.25, 0.3) is 10.0 Å². The minimum absolute atomic E-state index is 0.0300. The molecule has 0 bridgehead atoms. The van der Waals surface area contributed by atoms with Gasteiger partial charge >= 0.3 is 5.97 Å². The van der Waals surface area contributed by atoms with Crippen molar-refractivity contribution in [1.29, 1.82) is 0 Å². The maximum atomic E-state index is 12.6. The second kappa shape index (κ2) is 7.41. The molecule has 0 aliphatic rings. The van der Waals surface area contributed by atoms with Gasteiger partial charge in [-0.05, 0) is 17.7 Å². The molecular formula is C17H15BrN4O4S. The van der Waals surface area contributed by atoms with E-state index in [-0.39, 0.29) is 21.8 Å². The normalized spacial score (nSPS) is 11.3. The summed E-state index contributed by atoms with van der Waals surface area (Å²) in [7, 11) is -3.99. The standard InChI is InChI=1S/C17H15BrN4O4S/c18-12-6-14(17(23)24)16(19)15(7-12)21-27(25,26)13-8-20-22(10-13)9-11-4-2-1-3-5-11/h1-8,10,21H,9,19H2,(H,23,24). The van der Waals surface area contributed by atoms with Crippen molar-refractivity contribution in [3.63, 3.8) is 0 Å². The number of nitrogens with two attached hydrogens (primary N) is 1. The molecule has 1 heterocycles. The van der Waals surface area contributed by atoms with Gasteiger partial charge in [-0.2, -0.15) is 5.10 Å². The van der Waals surface area contributed by atoms with Crippen LogP contribution in [0.2, 0.25) is 0 Å². The topological polar surface area (TPSA) is 127 Å². The Labute approximate surface area is 163 Å². The third-order valence-electron chi connectivity index (χ3n) is 3.73. The Kier molecular flexibility index (Phi) is 5.19. The molecule has 8 nitrogen and oxygen atoms in total. The number of aromatic carboxylic acids is 1. The van der Waals surface area contributed by atoms with E-state index in [1.54, 1.807) is 0 Å². The molecule has 0 aliphatic carbocycles. The van der Waals surface area contributed by atoms with Crippen molar-refractivity contribution in [3.8, 4) is 0 Å². The summed E-state index contributed by atoms with van der Waals surface area (Å²) in [5.41, 5.74) is 6.36. The van der Waals surface area contributed by atoms with Crippen LogP contribution in [0.25, 0.3) is 0 Å². The quantitative estimate of drug-likeness (QED) is 0.495. The van der Waals surface area contributed by atoms with Gasteiger partial charge in [0.2, 0.25) is 0 Å². The molecule has 2 aromatic carbocycles. The Balaban J connectivity index is 1.87. The molecule has 4 N–H and O–H groups in total. The van der Waals surface area contributed by atoms with Crippen molar-refractivity contribution in [2.45, 2.75) is 11.4 Å². The molecule has 3 aromatic rings. The van der Waals surface area contributed by atoms with Crippen LogP contribution in [0.5, 0.6) is 0 Å². The van der Waals surface area contributed by atoms with Gasteiger partial charge in [-0.3, -0.25) is 9.40 Å². The van der Waals surface area contributed by atoms with Crippen molar-refractivity contribution in [3.05, 3.63) is 70.5 Å². The predicted octanol–water partition coefficient (Wildman–Crippen LogP) is 2.78. The Morgan fingerprint density at radius 2 is 1.96 bits per heavy atom. The molecule has 140 valence electrons. The molecule has 0 amide bonds. The van der Waals surface area contributed by atoms with E-state index >= 15 is 0 Å². The summed E-state index contributed by atoms with van der Waals surface area (Å²) in [6.45, 7) is 0.415. The van der Waals surface area contributed by atoms with Crippen LogP contribution in [0.1, 0.15) is 15.9 Å². The molecule has 1 aromatic heterocycles. The first-order valence-electron chi connectivity index (χ1n) is 7.68. The van der Waals surface area contributed by atoms with E-state index in [1.807, 2.05) is 30.3 Å². The van der Waals surface area contributed by atoms with Crippen LogP contribution in [0, 0.1) is 0 Å². The van der Waals surface area contributed by atoms with Gasteiger partial charge in [0.05, 0.1) is 29.7 Å². The molecule has 0 atom stereocenters. The van der Waals surface area contributed by atoms with Crippen molar-refractivity contribution >= 4 is 43.3 Å². The first-order chi connectivity index (χ1) is 12.8. The van der Waals surface area contributed by atoms with Crippen molar-refractivity contribution in [2.75, 3.05) is 10.5 Å². The summed E-state index contributed by atoms with van der Waals surface area (Å²) >= 11 is 3.15. The number of nitrogens with one attached hydrogen (secondary N) is 1. The Hall–Kier alpha value is -2.85.